The molecule has 0 aliphatic heterocycles. The number of nitrogens with one attached hydrogen (secondary N) is 1. The van der Waals surface area contributed by atoms with Gasteiger partial charge in [0.2, 0.25) is 0 Å². The Balaban J connectivity index is 1.72. The van der Waals surface area contributed by atoms with Crippen molar-refractivity contribution in [3.63, 3.8) is 0 Å². The molecule has 34 heavy (non-hydrogen) atoms. The van der Waals surface area contributed by atoms with E-state index < -0.39 is 14.6 Å². The van der Waals surface area contributed by atoms with Gasteiger partial charge in [0.1, 0.15) is 32.7 Å². The van der Waals surface area contributed by atoms with Crippen LogP contribution in [0.25, 0.3) is 17.0 Å². The molecule has 0 aliphatic carbocycles. The molecule has 0 spiro atoms. The molecule has 0 atom stereocenters. The number of hydrogen-bond acceptors (Lipinski definition) is 8. The third kappa shape index (κ3) is 4.18. The molecule has 0 fully saturated rings. The Hall–Kier alpha value is -3.25. The van der Waals surface area contributed by atoms with Crippen molar-refractivity contribution >= 4 is 32.7 Å². The molecule has 0 bridgehead atoms. The molecule has 1 N–H and O–H groups in total. The second kappa shape index (κ2) is 8.51. The molecule has 0 radical (unpaired) electrons. The van der Waals surface area contributed by atoms with Crippen LogP contribution < -0.4 is 10.1 Å². The largest absolute Gasteiger partial charge is 0.495 e. The first kappa shape index (κ1) is 23.9. The molecule has 1 amide bonds. The zero-order chi connectivity index (χ0) is 24.8. The van der Waals surface area contributed by atoms with E-state index in [1.165, 1.54) is 29.3 Å². The Labute approximate surface area is 201 Å². The van der Waals surface area contributed by atoms with Gasteiger partial charge in [-0.2, -0.15) is 5.10 Å². The maximum atomic E-state index is 13.2. The number of nitrogens with zero attached hydrogens (tertiary/aromatic N) is 5. The van der Waals surface area contributed by atoms with Crippen LogP contribution in [0.5, 0.6) is 5.75 Å². The first-order valence-corrected chi connectivity index (χ1v) is 12.8. The summed E-state index contributed by atoms with van der Waals surface area (Å²) in [6.45, 7) is 7.19. The highest BCUT2D eigenvalue weighted by atomic mass is 32.2. The lowest BCUT2D eigenvalue weighted by Gasteiger charge is -2.21. The molecule has 180 valence electrons. The summed E-state index contributed by atoms with van der Waals surface area (Å²) >= 11 is 1.52. The number of amides is 1. The van der Waals surface area contributed by atoms with Gasteiger partial charge in [-0.05, 0) is 33.8 Å². The van der Waals surface area contributed by atoms with Crippen molar-refractivity contribution in [1.29, 1.82) is 0 Å². The number of fused-ring (bicyclic) bond motifs is 1. The van der Waals surface area contributed by atoms with Crippen LogP contribution in [0.15, 0.2) is 35.6 Å². The molecular formula is C22H26N6O4S2. The van der Waals surface area contributed by atoms with Gasteiger partial charge in [-0.3, -0.25) is 13.9 Å². The first-order chi connectivity index (χ1) is 15.9. The van der Waals surface area contributed by atoms with E-state index in [4.69, 9.17) is 4.74 Å². The van der Waals surface area contributed by atoms with Crippen LogP contribution in [-0.4, -0.2) is 50.3 Å². The Morgan fingerprint density at radius 3 is 2.56 bits per heavy atom. The van der Waals surface area contributed by atoms with E-state index >= 15 is 0 Å². The predicted molar refractivity (Wildman–Crippen MR) is 129 cm³/mol. The second-order valence-corrected chi connectivity index (χ2v) is 12.8. The summed E-state index contributed by atoms with van der Waals surface area (Å²) in [4.78, 5) is 22.5. The van der Waals surface area contributed by atoms with Crippen molar-refractivity contribution in [1.82, 2.24) is 29.5 Å². The highest BCUT2D eigenvalue weighted by molar-refractivity contribution is 7.92. The summed E-state index contributed by atoms with van der Waals surface area (Å²) in [5, 5.41) is 8.14. The van der Waals surface area contributed by atoms with E-state index in [1.54, 1.807) is 56.7 Å². The minimum Gasteiger partial charge on any atom is -0.495 e. The minimum absolute atomic E-state index is 0.0573. The van der Waals surface area contributed by atoms with Crippen molar-refractivity contribution in [3.05, 3.63) is 46.3 Å². The average molecular weight is 503 g/mol. The van der Waals surface area contributed by atoms with Gasteiger partial charge >= 0.3 is 0 Å². The number of thiazole rings is 1. The third-order valence-corrected chi connectivity index (χ3v) is 8.75. The molecule has 4 aromatic heterocycles. The Kier molecular flexibility index (Phi) is 5.98. The Bertz CT molecular complexity index is 1490. The normalized spacial score (nSPS) is 12.3. The predicted octanol–water partition coefficient (Wildman–Crippen LogP) is 3.01. The van der Waals surface area contributed by atoms with E-state index in [-0.39, 0.29) is 16.6 Å². The number of carbonyl (C=O) groups excluding carboxylic acids is 1. The summed E-state index contributed by atoms with van der Waals surface area (Å²) in [5.41, 5.74) is 1.88. The summed E-state index contributed by atoms with van der Waals surface area (Å²) in [7, 11) is -0.605. The molecular weight excluding hydrogens is 476 g/mol. The average Bonchev–Trinajstić information content (AvgIpc) is 3.47. The lowest BCUT2D eigenvalue weighted by atomic mass is 10.3. The van der Waals surface area contributed by atoms with E-state index in [0.29, 0.717) is 29.3 Å². The fourth-order valence-corrected chi connectivity index (χ4v) is 5.44. The molecule has 12 heteroatoms. The van der Waals surface area contributed by atoms with Gasteiger partial charge in [-0.25, -0.2) is 18.4 Å². The van der Waals surface area contributed by atoms with Gasteiger partial charge in [-0.1, -0.05) is 0 Å². The smallest absolute Gasteiger partial charge is 0.269 e. The van der Waals surface area contributed by atoms with Crippen LogP contribution in [0.4, 0.5) is 0 Å². The van der Waals surface area contributed by atoms with Gasteiger partial charge in [0.05, 0.1) is 30.3 Å². The lowest BCUT2D eigenvalue weighted by molar-refractivity contribution is 0.0941. The number of hydrogen-bond donors (Lipinski definition) is 1. The molecule has 0 aromatic carbocycles. The monoisotopic (exact) mass is 502 g/mol. The molecule has 0 aliphatic rings. The van der Waals surface area contributed by atoms with Crippen LogP contribution >= 0.6 is 11.3 Å². The van der Waals surface area contributed by atoms with Crippen LogP contribution in [0.3, 0.4) is 0 Å². The van der Waals surface area contributed by atoms with Gasteiger partial charge in [0, 0.05) is 30.4 Å². The number of ether oxygens (including phenoxy) is 1. The number of carbonyl (C=O) groups is 1. The number of aryl methyl sites for hydroxylation is 2. The first-order valence-electron chi connectivity index (χ1n) is 10.5. The molecule has 0 saturated carbocycles. The Morgan fingerprint density at radius 2 is 1.94 bits per heavy atom. The molecule has 10 nitrogen and oxygen atoms in total. The van der Waals surface area contributed by atoms with E-state index in [9.17, 15) is 13.2 Å². The second-order valence-electron chi connectivity index (χ2n) is 8.78. The van der Waals surface area contributed by atoms with Crippen LogP contribution in [-0.2, 0) is 23.4 Å². The van der Waals surface area contributed by atoms with Crippen molar-refractivity contribution in [2.75, 3.05) is 7.11 Å². The van der Waals surface area contributed by atoms with Crippen molar-refractivity contribution in [2.24, 2.45) is 7.05 Å². The molecule has 4 aromatic rings. The van der Waals surface area contributed by atoms with Crippen LogP contribution in [0.1, 0.15) is 41.1 Å². The van der Waals surface area contributed by atoms with Gasteiger partial charge in [-0.15, -0.1) is 11.3 Å². The zero-order valence-electron chi connectivity index (χ0n) is 19.8. The van der Waals surface area contributed by atoms with E-state index in [1.807, 2.05) is 6.92 Å². The third-order valence-electron chi connectivity index (χ3n) is 5.33. The van der Waals surface area contributed by atoms with Crippen molar-refractivity contribution in [2.45, 2.75) is 43.9 Å². The molecule has 4 heterocycles. The SMILES string of the molecule is COc1cc2ncc(-c3cc(C(=O)NCc4ncc(C)s4)n(C)n3)n2cc1S(=O)(=O)C(C)(C)C. The molecule has 4 rings (SSSR count). The lowest BCUT2D eigenvalue weighted by Crippen LogP contribution is -2.28. The number of imidazole rings is 1. The van der Waals surface area contributed by atoms with Crippen LogP contribution in [0.2, 0.25) is 0 Å². The van der Waals surface area contributed by atoms with Gasteiger partial charge in [0.25, 0.3) is 5.91 Å². The van der Waals surface area contributed by atoms with Crippen LogP contribution in [0, 0.1) is 6.92 Å². The topological polar surface area (TPSA) is 120 Å². The summed E-state index contributed by atoms with van der Waals surface area (Å²) in [6.07, 6.45) is 4.85. The van der Waals surface area contributed by atoms with Gasteiger partial charge in [0.15, 0.2) is 9.84 Å². The summed E-state index contributed by atoms with van der Waals surface area (Å²) in [6, 6.07) is 3.22. The maximum Gasteiger partial charge on any atom is 0.269 e. The number of sulfone groups is 1. The number of aromatic nitrogens is 5. The highest BCUT2D eigenvalue weighted by Crippen LogP contribution is 2.34. The molecule has 0 saturated heterocycles. The highest BCUT2D eigenvalue weighted by Gasteiger charge is 2.34. The summed E-state index contributed by atoms with van der Waals surface area (Å²) in [5.74, 6) is -0.0707. The Morgan fingerprint density at radius 1 is 1.21 bits per heavy atom. The number of pyridine rings is 1. The van der Waals surface area contributed by atoms with Gasteiger partial charge < -0.3 is 10.1 Å². The summed E-state index contributed by atoms with van der Waals surface area (Å²) < 4.78 is 33.8. The van der Waals surface area contributed by atoms with E-state index in [0.717, 1.165) is 9.88 Å². The fraction of sp³-hybridized carbons (Fsp3) is 0.364. The van der Waals surface area contributed by atoms with Crippen molar-refractivity contribution in [3.8, 4) is 17.1 Å². The van der Waals surface area contributed by atoms with E-state index in [2.05, 4.69) is 20.4 Å². The fourth-order valence-electron chi connectivity index (χ4n) is 3.40. The minimum atomic E-state index is -3.70. The van der Waals surface area contributed by atoms with Crippen molar-refractivity contribution < 1.29 is 17.9 Å². The number of methoxy groups -OCH3 is 1. The zero-order valence-corrected chi connectivity index (χ0v) is 21.4. The number of rotatable bonds is 6. The molecule has 0 unspecified atom stereocenters. The quantitative estimate of drug-likeness (QED) is 0.430. The standard InChI is InChI=1S/C22H26N6O4S2/c1-13-9-24-20(33-13)11-25-21(29)15-7-14(26-27(15)5)16-10-23-19-8-17(32-6)18(12-28(16)19)34(30,31)22(2,3)4/h7-10,12H,11H2,1-6H3,(H,25,29). The maximum absolute atomic E-state index is 13.2.